The van der Waals surface area contributed by atoms with E-state index in [9.17, 15) is 14.4 Å². The SMILES string of the molecule is CC(=O)Nc1ccc(NC(=O)C[C@H]2C(=O)N(CCCn3ccnc3)c3nc4ccccc4n32)cc1. The Kier molecular flexibility index (Phi) is 6.01. The van der Waals surface area contributed by atoms with Gasteiger partial charge >= 0.3 is 0 Å². The van der Waals surface area contributed by atoms with Gasteiger partial charge in [-0.3, -0.25) is 23.9 Å². The molecule has 2 aromatic heterocycles. The first kappa shape index (κ1) is 22.3. The number of para-hydroxylation sites is 2. The topological polar surface area (TPSA) is 114 Å². The van der Waals surface area contributed by atoms with E-state index in [0.717, 1.165) is 24.0 Å². The molecule has 2 N–H and O–H groups in total. The number of aryl methyl sites for hydroxylation is 1. The number of aromatic nitrogens is 4. The van der Waals surface area contributed by atoms with Gasteiger partial charge in [0.25, 0.3) is 5.91 Å². The van der Waals surface area contributed by atoms with Crippen LogP contribution in [0.15, 0.2) is 67.3 Å². The molecule has 0 saturated heterocycles. The molecule has 1 aliphatic heterocycles. The zero-order valence-corrected chi connectivity index (χ0v) is 19.2. The molecule has 1 atom stereocenters. The van der Waals surface area contributed by atoms with E-state index in [1.165, 1.54) is 6.92 Å². The van der Waals surface area contributed by atoms with E-state index in [-0.39, 0.29) is 24.1 Å². The normalized spacial score (nSPS) is 14.8. The molecule has 3 amide bonds. The average Bonchev–Trinajstić information content (AvgIpc) is 3.53. The van der Waals surface area contributed by atoms with Gasteiger partial charge < -0.3 is 15.2 Å². The molecule has 4 aromatic rings. The molecule has 1 aliphatic rings. The van der Waals surface area contributed by atoms with Crippen LogP contribution in [0.1, 0.15) is 25.8 Å². The lowest BCUT2D eigenvalue weighted by atomic mass is 10.1. The van der Waals surface area contributed by atoms with Gasteiger partial charge in [-0.1, -0.05) is 12.1 Å². The number of hydrogen-bond donors (Lipinski definition) is 2. The van der Waals surface area contributed by atoms with Gasteiger partial charge in [0.15, 0.2) is 0 Å². The van der Waals surface area contributed by atoms with Crippen molar-refractivity contribution in [3.8, 4) is 0 Å². The highest BCUT2D eigenvalue weighted by molar-refractivity contribution is 6.05. The first-order valence-electron chi connectivity index (χ1n) is 11.4. The van der Waals surface area contributed by atoms with Crippen LogP contribution in [-0.4, -0.2) is 43.4 Å². The number of carbonyl (C=O) groups is 3. The fraction of sp³-hybridized carbons (Fsp3) is 0.240. The number of hydrogen-bond acceptors (Lipinski definition) is 5. The van der Waals surface area contributed by atoms with Gasteiger partial charge in [0.1, 0.15) is 6.04 Å². The number of imidazole rings is 2. The van der Waals surface area contributed by atoms with Gasteiger partial charge in [0, 0.05) is 43.8 Å². The molecule has 10 heteroatoms. The van der Waals surface area contributed by atoms with Gasteiger partial charge in [-0.05, 0) is 42.8 Å². The zero-order chi connectivity index (χ0) is 24.4. The highest BCUT2D eigenvalue weighted by atomic mass is 16.2. The summed E-state index contributed by atoms with van der Waals surface area (Å²) in [5.74, 6) is -0.0153. The predicted molar refractivity (Wildman–Crippen MR) is 132 cm³/mol. The molecule has 178 valence electrons. The average molecular weight is 472 g/mol. The van der Waals surface area contributed by atoms with Crippen LogP contribution in [0.3, 0.4) is 0 Å². The van der Waals surface area contributed by atoms with Crippen LogP contribution in [0.25, 0.3) is 11.0 Å². The molecule has 5 rings (SSSR count). The fourth-order valence-electron chi connectivity index (χ4n) is 4.37. The van der Waals surface area contributed by atoms with Crippen LogP contribution >= 0.6 is 0 Å². The molecule has 3 heterocycles. The van der Waals surface area contributed by atoms with Crippen LogP contribution in [0, 0.1) is 0 Å². The summed E-state index contributed by atoms with van der Waals surface area (Å²) in [6, 6.07) is 13.8. The Hall–Kier alpha value is -4.47. The Labute approximate surface area is 201 Å². The largest absolute Gasteiger partial charge is 0.337 e. The lowest BCUT2D eigenvalue weighted by molar-refractivity contribution is -0.124. The molecule has 0 bridgehead atoms. The summed E-state index contributed by atoms with van der Waals surface area (Å²) in [4.78, 5) is 48.0. The van der Waals surface area contributed by atoms with E-state index >= 15 is 0 Å². The van der Waals surface area contributed by atoms with Crippen molar-refractivity contribution in [3.63, 3.8) is 0 Å². The zero-order valence-electron chi connectivity index (χ0n) is 19.2. The van der Waals surface area contributed by atoms with Crippen molar-refractivity contribution in [3.05, 3.63) is 67.3 Å². The van der Waals surface area contributed by atoms with E-state index in [0.29, 0.717) is 23.9 Å². The van der Waals surface area contributed by atoms with E-state index in [2.05, 4.69) is 15.6 Å². The van der Waals surface area contributed by atoms with Crippen LogP contribution < -0.4 is 15.5 Å². The molecule has 0 unspecified atom stereocenters. The molecule has 0 fully saturated rings. The first-order valence-corrected chi connectivity index (χ1v) is 11.4. The quantitative estimate of drug-likeness (QED) is 0.410. The predicted octanol–water partition coefficient (Wildman–Crippen LogP) is 3.20. The molecular weight excluding hydrogens is 446 g/mol. The number of anilines is 3. The molecular formula is C25H25N7O3. The second-order valence-corrected chi connectivity index (χ2v) is 8.44. The summed E-state index contributed by atoms with van der Waals surface area (Å²) in [6.07, 6.45) is 6.07. The smallest absolute Gasteiger partial charge is 0.253 e. The van der Waals surface area contributed by atoms with Crippen molar-refractivity contribution in [2.45, 2.75) is 32.4 Å². The standard InChI is InChI=1S/C25H25N7O3/c1-17(33)27-18-7-9-19(10-8-18)28-23(34)15-22-24(35)31(13-4-12-30-14-11-26-16-30)25-29-20-5-2-3-6-21(20)32(22)25/h2-3,5-11,14,16,22H,4,12-13,15H2,1H3,(H,27,33)(H,28,34)/t22-/m0/s1. The molecule has 0 spiro atoms. The molecule has 35 heavy (non-hydrogen) atoms. The summed E-state index contributed by atoms with van der Waals surface area (Å²) in [7, 11) is 0. The van der Waals surface area contributed by atoms with Gasteiger partial charge in [-0.2, -0.15) is 0 Å². The summed E-state index contributed by atoms with van der Waals surface area (Å²) in [5, 5.41) is 5.54. The monoisotopic (exact) mass is 471 g/mol. The highest BCUT2D eigenvalue weighted by Crippen LogP contribution is 2.36. The third-order valence-electron chi connectivity index (χ3n) is 5.91. The fourth-order valence-corrected chi connectivity index (χ4v) is 4.37. The number of benzene rings is 2. The van der Waals surface area contributed by atoms with Crippen molar-refractivity contribution in [1.82, 2.24) is 19.1 Å². The number of rotatable bonds is 8. The number of nitrogens with zero attached hydrogens (tertiary/aromatic N) is 5. The van der Waals surface area contributed by atoms with Crippen LogP contribution in [0.2, 0.25) is 0 Å². The van der Waals surface area contributed by atoms with Gasteiger partial charge in [0.05, 0.1) is 23.8 Å². The number of carbonyl (C=O) groups excluding carboxylic acids is 3. The second kappa shape index (κ2) is 9.41. The number of amides is 3. The number of fused-ring (bicyclic) bond motifs is 3. The molecule has 10 nitrogen and oxygen atoms in total. The summed E-state index contributed by atoms with van der Waals surface area (Å²) in [6.45, 7) is 2.65. The molecule has 0 radical (unpaired) electrons. The maximum Gasteiger partial charge on any atom is 0.253 e. The Morgan fingerprint density at radius 3 is 2.46 bits per heavy atom. The lowest BCUT2D eigenvalue weighted by Crippen LogP contribution is -2.32. The summed E-state index contributed by atoms with van der Waals surface area (Å²) < 4.78 is 3.83. The maximum atomic E-state index is 13.4. The van der Waals surface area contributed by atoms with E-state index in [1.54, 1.807) is 41.7 Å². The Morgan fingerprint density at radius 2 is 1.74 bits per heavy atom. The lowest BCUT2D eigenvalue weighted by Gasteiger charge is -2.16. The van der Waals surface area contributed by atoms with Crippen molar-refractivity contribution in [2.24, 2.45) is 0 Å². The van der Waals surface area contributed by atoms with Crippen molar-refractivity contribution >= 4 is 46.1 Å². The molecule has 2 aromatic carbocycles. The van der Waals surface area contributed by atoms with E-state index in [4.69, 9.17) is 4.98 Å². The Bertz CT molecular complexity index is 1380. The van der Waals surface area contributed by atoms with Crippen LogP contribution in [0.4, 0.5) is 17.3 Å². The second-order valence-electron chi connectivity index (χ2n) is 8.44. The molecule has 0 saturated carbocycles. The minimum absolute atomic E-state index is 0.0162. The van der Waals surface area contributed by atoms with Crippen molar-refractivity contribution in [2.75, 3.05) is 22.1 Å². The Balaban J connectivity index is 1.33. The van der Waals surface area contributed by atoms with Crippen molar-refractivity contribution < 1.29 is 14.4 Å². The summed E-state index contributed by atoms with van der Waals surface area (Å²) >= 11 is 0. The minimum atomic E-state index is -0.677. The van der Waals surface area contributed by atoms with Gasteiger partial charge in [-0.15, -0.1) is 0 Å². The van der Waals surface area contributed by atoms with Gasteiger partial charge in [-0.25, -0.2) is 9.97 Å². The minimum Gasteiger partial charge on any atom is -0.337 e. The Morgan fingerprint density at radius 1 is 1.00 bits per heavy atom. The first-order chi connectivity index (χ1) is 17.0. The van der Waals surface area contributed by atoms with Crippen molar-refractivity contribution in [1.29, 1.82) is 0 Å². The third-order valence-corrected chi connectivity index (χ3v) is 5.91. The third kappa shape index (κ3) is 4.63. The number of nitrogens with one attached hydrogen (secondary N) is 2. The van der Waals surface area contributed by atoms with E-state index < -0.39 is 6.04 Å². The van der Waals surface area contributed by atoms with Crippen LogP contribution in [-0.2, 0) is 20.9 Å². The van der Waals surface area contributed by atoms with Gasteiger partial charge in [0.2, 0.25) is 17.8 Å². The van der Waals surface area contributed by atoms with E-state index in [1.807, 2.05) is 39.6 Å². The maximum absolute atomic E-state index is 13.4. The summed E-state index contributed by atoms with van der Waals surface area (Å²) in [5.41, 5.74) is 2.84. The molecule has 0 aliphatic carbocycles. The van der Waals surface area contributed by atoms with Crippen LogP contribution in [0.5, 0.6) is 0 Å². The highest BCUT2D eigenvalue weighted by Gasteiger charge is 2.40.